The van der Waals surface area contributed by atoms with Gasteiger partial charge in [0.15, 0.2) is 0 Å². The van der Waals surface area contributed by atoms with Crippen LogP contribution in [0.1, 0.15) is 72.6 Å². The van der Waals surface area contributed by atoms with Crippen LogP contribution in [0.4, 0.5) is 0 Å². The standard InChI is InChI=1S/C19H38N2/c1-6-20-17-12-11-16(19(2,3)4)13-18(17)21(5)14-15-9-7-8-10-15/h15-18,20H,6-14H2,1-5H3. The molecule has 2 aliphatic rings. The highest BCUT2D eigenvalue weighted by atomic mass is 15.2. The van der Waals surface area contributed by atoms with E-state index in [0.29, 0.717) is 11.5 Å². The van der Waals surface area contributed by atoms with Crippen LogP contribution in [-0.4, -0.2) is 37.1 Å². The predicted octanol–water partition coefficient (Wildman–Crippen LogP) is 4.30. The molecular formula is C19H38N2. The Kier molecular flexibility index (Phi) is 6.14. The molecule has 0 saturated heterocycles. The minimum Gasteiger partial charge on any atom is -0.313 e. The number of likely N-dealkylation sites (N-methyl/N-ethyl adjacent to an activating group) is 2. The Bertz CT molecular complexity index is 301. The molecule has 0 aromatic carbocycles. The molecule has 3 atom stereocenters. The summed E-state index contributed by atoms with van der Waals surface area (Å²) in [5.41, 5.74) is 0.462. The van der Waals surface area contributed by atoms with Gasteiger partial charge in [-0.05, 0) is 62.9 Å². The Morgan fingerprint density at radius 2 is 1.71 bits per heavy atom. The Hall–Kier alpha value is -0.0800. The first kappa shape index (κ1) is 17.3. The number of nitrogens with zero attached hydrogens (tertiary/aromatic N) is 1. The zero-order valence-corrected chi connectivity index (χ0v) is 15.1. The quantitative estimate of drug-likeness (QED) is 0.813. The largest absolute Gasteiger partial charge is 0.313 e. The van der Waals surface area contributed by atoms with Gasteiger partial charge in [-0.1, -0.05) is 40.5 Å². The molecule has 1 N–H and O–H groups in total. The Morgan fingerprint density at radius 3 is 2.29 bits per heavy atom. The summed E-state index contributed by atoms with van der Waals surface area (Å²) < 4.78 is 0. The van der Waals surface area contributed by atoms with Crippen molar-refractivity contribution in [2.45, 2.75) is 84.7 Å². The van der Waals surface area contributed by atoms with E-state index in [-0.39, 0.29) is 0 Å². The lowest BCUT2D eigenvalue weighted by Crippen LogP contribution is -2.54. The Balaban J connectivity index is 1.98. The maximum Gasteiger partial charge on any atom is 0.0249 e. The summed E-state index contributed by atoms with van der Waals surface area (Å²) in [4.78, 5) is 2.71. The van der Waals surface area contributed by atoms with Gasteiger partial charge in [0.25, 0.3) is 0 Å². The minimum atomic E-state index is 0.462. The van der Waals surface area contributed by atoms with Crippen LogP contribution in [-0.2, 0) is 0 Å². The molecule has 2 saturated carbocycles. The van der Waals surface area contributed by atoms with Crippen molar-refractivity contribution >= 4 is 0 Å². The molecule has 2 fully saturated rings. The maximum absolute atomic E-state index is 3.77. The second-order valence-electron chi connectivity index (χ2n) is 8.70. The lowest BCUT2D eigenvalue weighted by atomic mass is 9.69. The van der Waals surface area contributed by atoms with Crippen LogP contribution in [0.15, 0.2) is 0 Å². The molecule has 0 radical (unpaired) electrons. The van der Waals surface area contributed by atoms with Gasteiger partial charge in [0.1, 0.15) is 0 Å². The van der Waals surface area contributed by atoms with Crippen LogP contribution in [0.2, 0.25) is 0 Å². The van der Waals surface area contributed by atoms with Crippen LogP contribution in [0.25, 0.3) is 0 Å². The first-order valence-corrected chi connectivity index (χ1v) is 9.35. The summed E-state index contributed by atoms with van der Waals surface area (Å²) in [7, 11) is 2.39. The number of hydrogen-bond acceptors (Lipinski definition) is 2. The van der Waals surface area contributed by atoms with Crippen molar-refractivity contribution in [3.8, 4) is 0 Å². The second-order valence-corrected chi connectivity index (χ2v) is 8.70. The molecular weight excluding hydrogens is 256 g/mol. The average molecular weight is 295 g/mol. The highest BCUT2D eigenvalue weighted by Crippen LogP contribution is 2.39. The van der Waals surface area contributed by atoms with Crippen molar-refractivity contribution < 1.29 is 0 Å². The smallest absolute Gasteiger partial charge is 0.0249 e. The van der Waals surface area contributed by atoms with E-state index in [2.05, 4.69) is 45.0 Å². The normalized spacial score (nSPS) is 32.0. The summed E-state index contributed by atoms with van der Waals surface area (Å²) >= 11 is 0. The van der Waals surface area contributed by atoms with Gasteiger partial charge < -0.3 is 10.2 Å². The SMILES string of the molecule is CCNC1CCC(C(C)(C)C)CC1N(C)CC1CCCC1. The molecule has 2 nitrogen and oxygen atoms in total. The molecule has 0 spiro atoms. The zero-order chi connectivity index (χ0) is 15.5. The fourth-order valence-corrected chi connectivity index (χ4v) is 4.66. The summed E-state index contributed by atoms with van der Waals surface area (Å²) in [5, 5.41) is 3.77. The molecule has 0 aromatic heterocycles. The van der Waals surface area contributed by atoms with E-state index in [0.717, 1.165) is 24.4 Å². The molecule has 3 unspecified atom stereocenters. The van der Waals surface area contributed by atoms with Gasteiger partial charge in [-0.15, -0.1) is 0 Å². The van der Waals surface area contributed by atoms with Gasteiger partial charge in [-0.2, -0.15) is 0 Å². The molecule has 124 valence electrons. The van der Waals surface area contributed by atoms with Crippen molar-refractivity contribution in [1.82, 2.24) is 10.2 Å². The average Bonchev–Trinajstić information content (AvgIpc) is 2.91. The molecule has 0 aliphatic heterocycles. The van der Waals surface area contributed by atoms with Gasteiger partial charge >= 0.3 is 0 Å². The molecule has 0 bridgehead atoms. The van der Waals surface area contributed by atoms with Crippen LogP contribution in [0.5, 0.6) is 0 Å². The van der Waals surface area contributed by atoms with Crippen LogP contribution < -0.4 is 5.32 Å². The first-order valence-electron chi connectivity index (χ1n) is 9.35. The molecule has 0 amide bonds. The van der Waals surface area contributed by atoms with E-state index in [1.54, 1.807) is 0 Å². The lowest BCUT2D eigenvalue weighted by Gasteiger charge is -2.46. The van der Waals surface area contributed by atoms with E-state index in [1.165, 1.54) is 51.5 Å². The summed E-state index contributed by atoms with van der Waals surface area (Å²) in [6, 6.07) is 1.45. The fraction of sp³-hybridized carbons (Fsp3) is 1.00. The van der Waals surface area contributed by atoms with Gasteiger partial charge in [0.05, 0.1) is 0 Å². The number of rotatable bonds is 5. The third-order valence-electron chi connectivity index (χ3n) is 6.09. The summed E-state index contributed by atoms with van der Waals surface area (Å²) in [6.45, 7) is 12.0. The maximum atomic E-state index is 3.77. The predicted molar refractivity (Wildman–Crippen MR) is 92.6 cm³/mol. The molecule has 0 aromatic rings. The summed E-state index contributed by atoms with van der Waals surface area (Å²) in [5.74, 6) is 1.84. The second kappa shape index (κ2) is 7.46. The van der Waals surface area contributed by atoms with E-state index in [4.69, 9.17) is 0 Å². The minimum absolute atomic E-state index is 0.462. The highest BCUT2D eigenvalue weighted by Gasteiger charge is 2.37. The molecule has 2 aliphatic carbocycles. The summed E-state index contributed by atoms with van der Waals surface area (Å²) in [6.07, 6.45) is 9.99. The lowest BCUT2D eigenvalue weighted by molar-refractivity contribution is 0.0651. The molecule has 2 rings (SSSR count). The Labute approximate surface area is 133 Å². The van der Waals surface area contributed by atoms with Crippen LogP contribution in [0.3, 0.4) is 0 Å². The topological polar surface area (TPSA) is 15.3 Å². The first-order chi connectivity index (χ1) is 9.91. The van der Waals surface area contributed by atoms with Crippen molar-refractivity contribution in [2.24, 2.45) is 17.3 Å². The monoisotopic (exact) mass is 294 g/mol. The van der Waals surface area contributed by atoms with Crippen molar-refractivity contribution in [3.05, 3.63) is 0 Å². The molecule has 21 heavy (non-hydrogen) atoms. The highest BCUT2D eigenvalue weighted by molar-refractivity contribution is 4.94. The third-order valence-corrected chi connectivity index (χ3v) is 6.09. The van der Waals surface area contributed by atoms with Crippen LogP contribution >= 0.6 is 0 Å². The molecule has 2 heteroatoms. The van der Waals surface area contributed by atoms with Gasteiger partial charge in [-0.25, -0.2) is 0 Å². The molecule has 0 heterocycles. The van der Waals surface area contributed by atoms with Crippen LogP contribution in [0, 0.1) is 17.3 Å². The van der Waals surface area contributed by atoms with Gasteiger partial charge in [0, 0.05) is 18.6 Å². The van der Waals surface area contributed by atoms with Crippen molar-refractivity contribution in [3.63, 3.8) is 0 Å². The Morgan fingerprint density at radius 1 is 1.05 bits per heavy atom. The van der Waals surface area contributed by atoms with Crippen molar-refractivity contribution in [1.29, 1.82) is 0 Å². The van der Waals surface area contributed by atoms with E-state index in [9.17, 15) is 0 Å². The fourth-order valence-electron chi connectivity index (χ4n) is 4.66. The van der Waals surface area contributed by atoms with E-state index >= 15 is 0 Å². The van der Waals surface area contributed by atoms with Gasteiger partial charge in [0.2, 0.25) is 0 Å². The third kappa shape index (κ3) is 4.69. The number of nitrogens with one attached hydrogen (secondary N) is 1. The number of hydrogen-bond donors (Lipinski definition) is 1. The van der Waals surface area contributed by atoms with Gasteiger partial charge in [-0.3, -0.25) is 0 Å². The zero-order valence-electron chi connectivity index (χ0n) is 15.1. The van der Waals surface area contributed by atoms with E-state index < -0.39 is 0 Å². The van der Waals surface area contributed by atoms with E-state index in [1.807, 2.05) is 0 Å². The van der Waals surface area contributed by atoms with Crippen molar-refractivity contribution in [2.75, 3.05) is 20.1 Å².